The Bertz CT molecular complexity index is 573. The number of halogens is 1. The second kappa shape index (κ2) is 7.59. The lowest BCUT2D eigenvalue weighted by Gasteiger charge is -2.47. The second-order valence-corrected chi connectivity index (χ2v) is 6.69. The van der Waals surface area contributed by atoms with E-state index in [0.717, 1.165) is 38.0 Å². The first kappa shape index (κ1) is 17.3. The summed E-state index contributed by atoms with van der Waals surface area (Å²) >= 11 is 0. The zero-order valence-electron chi connectivity index (χ0n) is 14.2. The fourth-order valence-electron chi connectivity index (χ4n) is 3.63. The third-order valence-electron chi connectivity index (χ3n) is 4.92. The number of carbonyl (C=O) groups is 1. The van der Waals surface area contributed by atoms with Crippen molar-refractivity contribution in [2.45, 2.75) is 25.0 Å². The molecule has 1 spiro atoms. The third kappa shape index (κ3) is 4.12. The number of benzene rings is 1. The Balaban J connectivity index is 1.57. The van der Waals surface area contributed by atoms with Gasteiger partial charge in [-0.25, -0.2) is 4.39 Å². The van der Waals surface area contributed by atoms with Crippen molar-refractivity contribution in [3.8, 4) is 0 Å². The van der Waals surface area contributed by atoms with Crippen LogP contribution in [0.15, 0.2) is 24.3 Å². The average Bonchev–Trinajstić information content (AvgIpc) is 2.56. The first-order valence-corrected chi connectivity index (χ1v) is 8.48. The highest BCUT2D eigenvalue weighted by Gasteiger charge is 2.40. The number of hydrogen-bond acceptors (Lipinski definition) is 4. The van der Waals surface area contributed by atoms with Crippen LogP contribution in [0.25, 0.3) is 0 Å². The van der Waals surface area contributed by atoms with E-state index in [1.807, 2.05) is 11.0 Å². The van der Waals surface area contributed by atoms with Crippen LogP contribution < -0.4 is 0 Å². The van der Waals surface area contributed by atoms with Crippen molar-refractivity contribution >= 4 is 5.91 Å². The maximum Gasteiger partial charge on any atom is 0.248 e. The van der Waals surface area contributed by atoms with Gasteiger partial charge in [0.2, 0.25) is 5.91 Å². The zero-order chi connectivity index (χ0) is 17.0. The van der Waals surface area contributed by atoms with Gasteiger partial charge >= 0.3 is 0 Å². The highest BCUT2D eigenvalue weighted by Crippen LogP contribution is 2.30. The van der Waals surface area contributed by atoms with E-state index in [-0.39, 0.29) is 23.9 Å². The predicted octanol–water partition coefficient (Wildman–Crippen LogP) is 1.67. The van der Waals surface area contributed by atoms with Gasteiger partial charge in [0.05, 0.1) is 12.2 Å². The van der Waals surface area contributed by atoms with Crippen LogP contribution in [0, 0.1) is 5.82 Å². The summed E-state index contributed by atoms with van der Waals surface area (Å²) in [4.78, 5) is 16.1. The molecule has 0 N–H and O–H groups in total. The number of likely N-dealkylation sites (tertiary alicyclic amines) is 1. The monoisotopic (exact) mass is 336 g/mol. The molecule has 2 heterocycles. The number of ether oxygens (including phenoxy) is 2. The first-order valence-electron chi connectivity index (χ1n) is 8.48. The van der Waals surface area contributed by atoms with Crippen LogP contribution in [0.1, 0.15) is 18.4 Å². The molecule has 0 aromatic heterocycles. The van der Waals surface area contributed by atoms with Crippen molar-refractivity contribution < 1.29 is 18.7 Å². The first-order chi connectivity index (χ1) is 11.6. The molecule has 0 aliphatic carbocycles. The van der Waals surface area contributed by atoms with E-state index in [0.29, 0.717) is 19.7 Å². The number of hydrogen-bond donors (Lipinski definition) is 0. The van der Waals surface area contributed by atoms with E-state index in [1.165, 1.54) is 13.2 Å². The topological polar surface area (TPSA) is 42.0 Å². The lowest BCUT2D eigenvalue weighted by molar-refractivity contribution is -0.153. The molecule has 0 atom stereocenters. The van der Waals surface area contributed by atoms with Gasteiger partial charge in [0.1, 0.15) is 12.4 Å². The van der Waals surface area contributed by atoms with Gasteiger partial charge in [-0.1, -0.05) is 12.1 Å². The molecular formula is C18H25FN2O3. The SMILES string of the molecule is COCC(=O)N1CCC2(CC1)CN(Cc1cccc(F)c1)CCO2. The maximum absolute atomic E-state index is 13.4. The van der Waals surface area contributed by atoms with Crippen LogP contribution >= 0.6 is 0 Å². The Morgan fingerprint density at radius 3 is 2.83 bits per heavy atom. The van der Waals surface area contributed by atoms with Crippen LogP contribution in [-0.4, -0.2) is 67.8 Å². The Kier molecular flexibility index (Phi) is 5.48. The van der Waals surface area contributed by atoms with Crippen LogP contribution in [0.2, 0.25) is 0 Å². The molecule has 0 saturated carbocycles. The predicted molar refractivity (Wildman–Crippen MR) is 88.1 cm³/mol. The average molecular weight is 336 g/mol. The Hall–Kier alpha value is -1.50. The molecule has 3 rings (SSSR count). The summed E-state index contributed by atoms with van der Waals surface area (Å²) in [6, 6.07) is 6.77. The van der Waals surface area contributed by atoms with Gasteiger partial charge in [0.25, 0.3) is 0 Å². The summed E-state index contributed by atoms with van der Waals surface area (Å²) in [5.41, 5.74) is 0.801. The molecule has 2 aliphatic heterocycles. The van der Waals surface area contributed by atoms with E-state index >= 15 is 0 Å². The molecule has 0 radical (unpaired) electrons. The molecule has 1 aromatic rings. The molecule has 1 aromatic carbocycles. The molecule has 0 unspecified atom stereocenters. The molecule has 2 aliphatic rings. The molecule has 0 bridgehead atoms. The molecular weight excluding hydrogens is 311 g/mol. The molecule has 6 heteroatoms. The summed E-state index contributed by atoms with van der Waals surface area (Å²) in [7, 11) is 1.54. The minimum atomic E-state index is -0.194. The quantitative estimate of drug-likeness (QED) is 0.839. The fraction of sp³-hybridized carbons (Fsp3) is 0.611. The summed E-state index contributed by atoms with van der Waals surface area (Å²) in [6.07, 6.45) is 1.67. The van der Waals surface area contributed by atoms with Crippen LogP contribution in [0.5, 0.6) is 0 Å². The van der Waals surface area contributed by atoms with Crippen LogP contribution in [0.3, 0.4) is 0 Å². The maximum atomic E-state index is 13.4. The van der Waals surface area contributed by atoms with Gasteiger partial charge in [-0.3, -0.25) is 9.69 Å². The second-order valence-electron chi connectivity index (χ2n) is 6.69. The zero-order valence-corrected chi connectivity index (χ0v) is 14.2. The molecule has 1 amide bonds. The van der Waals surface area contributed by atoms with E-state index in [4.69, 9.17) is 9.47 Å². The summed E-state index contributed by atoms with van der Waals surface area (Å²) in [6.45, 7) is 4.64. The fourth-order valence-corrected chi connectivity index (χ4v) is 3.63. The summed E-state index contributed by atoms with van der Waals surface area (Å²) in [5.74, 6) is -0.153. The normalized spacial score (nSPS) is 21.2. The van der Waals surface area contributed by atoms with E-state index in [1.54, 1.807) is 12.1 Å². The number of morpholine rings is 1. The van der Waals surface area contributed by atoms with Gasteiger partial charge < -0.3 is 14.4 Å². The van der Waals surface area contributed by atoms with E-state index in [2.05, 4.69) is 4.90 Å². The van der Waals surface area contributed by atoms with Gasteiger partial charge in [0.15, 0.2) is 0 Å². The third-order valence-corrected chi connectivity index (χ3v) is 4.92. The number of rotatable bonds is 4. The Morgan fingerprint density at radius 2 is 2.12 bits per heavy atom. The molecule has 24 heavy (non-hydrogen) atoms. The van der Waals surface area contributed by atoms with Crippen molar-refractivity contribution in [2.24, 2.45) is 0 Å². The Labute approximate surface area is 142 Å². The number of carbonyl (C=O) groups excluding carboxylic acids is 1. The lowest BCUT2D eigenvalue weighted by atomic mass is 9.89. The van der Waals surface area contributed by atoms with Crippen molar-refractivity contribution in [1.82, 2.24) is 9.80 Å². The van der Waals surface area contributed by atoms with Crippen LogP contribution in [-0.2, 0) is 20.8 Å². The number of nitrogens with zero attached hydrogens (tertiary/aromatic N) is 2. The lowest BCUT2D eigenvalue weighted by Crippen LogP contribution is -2.57. The summed E-state index contributed by atoms with van der Waals surface area (Å²) < 4.78 is 24.4. The highest BCUT2D eigenvalue weighted by atomic mass is 19.1. The smallest absolute Gasteiger partial charge is 0.248 e. The van der Waals surface area contributed by atoms with Crippen molar-refractivity contribution in [1.29, 1.82) is 0 Å². The van der Waals surface area contributed by atoms with Crippen molar-refractivity contribution in [2.75, 3.05) is 46.5 Å². The molecule has 132 valence electrons. The van der Waals surface area contributed by atoms with E-state index in [9.17, 15) is 9.18 Å². The molecule has 5 nitrogen and oxygen atoms in total. The van der Waals surface area contributed by atoms with Gasteiger partial charge in [-0.15, -0.1) is 0 Å². The highest BCUT2D eigenvalue weighted by molar-refractivity contribution is 5.77. The van der Waals surface area contributed by atoms with Gasteiger partial charge in [-0.05, 0) is 30.5 Å². The minimum Gasteiger partial charge on any atom is -0.375 e. The minimum absolute atomic E-state index is 0.0415. The summed E-state index contributed by atoms with van der Waals surface area (Å²) in [5, 5.41) is 0. The number of amides is 1. The van der Waals surface area contributed by atoms with E-state index < -0.39 is 0 Å². The number of methoxy groups -OCH3 is 1. The van der Waals surface area contributed by atoms with Gasteiger partial charge in [-0.2, -0.15) is 0 Å². The van der Waals surface area contributed by atoms with Crippen molar-refractivity contribution in [3.63, 3.8) is 0 Å². The van der Waals surface area contributed by atoms with Gasteiger partial charge in [0, 0.05) is 39.8 Å². The van der Waals surface area contributed by atoms with Crippen LogP contribution in [0.4, 0.5) is 4.39 Å². The van der Waals surface area contributed by atoms with Crippen molar-refractivity contribution in [3.05, 3.63) is 35.6 Å². The Morgan fingerprint density at radius 1 is 1.33 bits per heavy atom. The standard InChI is InChI=1S/C18H25FN2O3/c1-23-13-17(22)21-7-5-18(6-8-21)14-20(9-10-24-18)12-15-3-2-4-16(19)11-15/h2-4,11H,5-10,12-14H2,1H3. The molecule has 2 saturated heterocycles. The largest absolute Gasteiger partial charge is 0.375 e. The molecule has 2 fully saturated rings. The number of piperidine rings is 1.